The number of β-lactam (4-membered cyclic amide) rings is 1. The second kappa shape index (κ2) is 9.15. The van der Waals surface area contributed by atoms with Crippen LogP contribution in [0.2, 0.25) is 0 Å². The van der Waals surface area contributed by atoms with Crippen molar-refractivity contribution in [1.29, 1.82) is 0 Å². The largest absolute Gasteiger partial charge is 0.480 e. The van der Waals surface area contributed by atoms with Crippen molar-refractivity contribution in [2.75, 3.05) is 12.3 Å². The number of nitrogens with zero attached hydrogens (tertiary/aromatic N) is 4. The SMILES string of the molecule is O=C(N[C@@H]1C(=O)N2CC(Sc3ccnn3-c3ccccc3)(C(=O)O)CS[C@H]12)C(=NO)c1ccco1. The highest BCUT2D eigenvalue weighted by atomic mass is 32.2. The molecule has 1 unspecified atom stereocenters. The van der Waals surface area contributed by atoms with Gasteiger partial charge in [-0.05, 0) is 30.3 Å². The van der Waals surface area contributed by atoms with Gasteiger partial charge in [0.1, 0.15) is 21.2 Å². The number of aromatic nitrogens is 2. The number of fused-ring (bicyclic) bond motifs is 1. The van der Waals surface area contributed by atoms with Crippen LogP contribution in [0.25, 0.3) is 5.69 Å². The molecule has 2 aromatic heterocycles. The number of rotatable bonds is 7. The number of carbonyl (C=O) groups is 3. The second-order valence-electron chi connectivity index (χ2n) is 7.86. The number of hydrogen-bond acceptors (Lipinski definition) is 9. The Hall–Kier alpha value is -3.71. The molecule has 2 aliphatic heterocycles. The molecule has 2 fully saturated rings. The third kappa shape index (κ3) is 4.06. The highest BCUT2D eigenvalue weighted by Crippen LogP contribution is 2.46. The summed E-state index contributed by atoms with van der Waals surface area (Å²) in [5, 5.41) is 29.5. The summed E-state index contributed by atoms with van der Waals surface area (Å²) in [5.41, 5.74) is 0.439. The van der Waals surface area contributed by atoms with Gasteiger partial charge in [-0.2, -0.15) is 5.10 Å². The van der Waals surface area contributed by atoms with E-state index >= 15 is 0 Å². The summed E-state index contributed by atoms with van der Waals surface area (Å²) < 4.78 is 5.46. The standard InChI is InChI=1S/C22H19N5O6S2/c28-18(16(25-32)14-7-4-10-33-14)24-17-19(29)26-11-22(21(30)31,12-34-20(17)26)35-15-8-9-23-27(15)13-5-2-1-3-6-13/h1-10,17,20,32H,11-12H2,(H,24,28)(H,30,31)/t17-,20-,22?/m1/s1. The number of carboxylic acids is 1. The van der Waals surface area contributed by atoms with Crippen LogP contribution in [-0.4, -0.2) is 76.9 Å². The summed E-state index contributed by atoms with van der Waals surface area (Å²) in [6, 6.07) is 13.2. The maximum atomic E-state index is 12.9. The number of nitrogens with one attached hydrogen (secondary N) is 1. The van der Waals surface area contributed by atoms with Gasteiger partial charge in [0.25, 0.3) is 5.91 Å². The molecule has 3 atom stereocenters. The summed E-state index contributed by atoms with van der Waals surface area (Å²) >= 11 is 2.42. The molecule has 13 heteroatoms. The van der Waals surface area contributed by atoms with Gasteiger partial charge >= 0.3 is 5.97 Å². The molecule has 0 saturated carbocycles. The molecule has 0 bridgehead atoms. The zero-order chi connectivity index (χ0) is 24.6. The van der Waals surface area contributed by atoms with Gasteiger partial charge in [0.2, 0.25) is 11.6 Å². The molecule has 35 heavy (non-hydrogen) atoms. The number of thioether (sulfide) groups is 2. The Morgan fingerprint density at radius 1 is 1.23 bits per heavy atom. The summed E-state index contributed by atoms with van der Waals surface area (Å²) in [4.78, 5) is 39.3. The van der Waals surface area contributed by atoms with Crippen LogP contribution in [-0.2, 0) is 14.4 Å². The highest BCUT2D eigenvalue weighted by Gasteiger charge is 2.58. The molecule has 180 valence electrons. The Morgan fingerprint density at radius 3 is 2.71 bits per heavy atom. The van der Waals surface area contributed by atoms with Crippen molar-refractivity contribution >= 4 is 47.0 Å². The fourth-order valence-electron chi connectivity index (χ4n) is 3.95. The topological polar surface area (TPSA) is 150 Å². The van der Waals surface area contributed by atoms with E-state index in [9.17, 15) is 24.7 Å². The summed E-state index contributed by atoms with van der Waals surface area (Å²) in [6.45, 7) is -0.0328. The lowest BCUT2D eigenvalue weighted by Gasteiger charge is -2.53. The fourth-order valence-corrected chi connectivity index (χ4v) is 6.84. The lowest BCUT2D eigenvalue weighted by molar-refractivity contribution is -0.151. The van der Waals surface area contributed by atoms with Gasteiger partial charge in [-0.1, -0.05) is 35.1 Å². The molecule has 2 saturated heterocycles. The Balaban J connectivity index is 1.31. The Labute approximate surface area is 207 Å². The van der Waals surface area contributed by atoms with Crippen LogP contribution in [0.5, 0.6) is 0 Å². The van der Waals surface area contributed by atoms with Crippen LogP contribution < -0.4 is 5.32 Å². The Bertz CT molecular complexity index is 1290. The average Bonchev–Trinajstić information content (AvgIpc) is 3.56. The summed E-state index contributed by atoms with van der Waals surface area (Å²) in [6.07, 6.45) is 2.93. The van der Waals surface area contributed by atoms with Crippen molar-refractivity contribution < 1.29 is 29.1 Å². The molecule has 3 N–H and O–H groups in total. The molecule has 2 amide bonds. The number of benzene rings is 1. The van der Waals surface area contributed by atoms with Gasteiger partial charge in [0, 0.05) is 12.3 Å². The van der Waals surface area contributed by atoms with Crippen LogP contribution in [0.15, 0.2) is 75.6 Å². The minimum Gasteiger partial charge on any atom is -0.480 e. The minimum absolute atomic E-state index is 0.0328. The zero-order valence-corrected chi connectivity index (χ0v) is 19.6. The van der Waals surface area contributed by atoms with E-state index in [1.165, 1.54) is 35.1 Å². The first kappa shape index (κ1) is 23.1. The monoisotopic (exact) mass is 513 g/mol. The number of hydrogen-bond donors (Lipinski definition) is 3. The predicted molar refractivity (Wildman–Crippen MR) is 127 cm³/mol. The van der Waals surface area contributed by atoms with Crippen molar-refractivity contribution in [2.45, 2.75) is 21.2 Å². The molecule has 0 radical (unpaired) electrons. The lowest BCUT2D eigenvalue weighted by atomic mass is 10.0. The number of carboxylic acid groups (broad SMARTS) is 1. The van der Waals surface area contributed by atoms with E-state index in [0.717, 1.165) is 17.4 Å². The van der Waals surface area contributed by atoms with Gasteiger partial charge in [0.15, 0.2) is 5.76 Å². The molecule has 2 aliphatic rings. The third-order valence-corrected chi connectivity index (χ3v) is 8.78. The smallest absolute Gasteiger partial charge is 0.322 e. The number of para-hydroxylation sites is 1. The van der Waals surface area contributed by atoms with E-state index in [-0.39, 0.29) is 23.8 Å². The van der Waals surface area contributed by atoms with E-state index in [2.05, 4.69) is 15.6 Å². The molecule has 1 aromatic carbocycles. The number of furan rings is 1. The number of oxime groups is 1. The highest BCUT2D eigenvalue weighted by molar-refractivity contribution is 8.05. The number of carbonyl (C=O) groups excluding carboxylic acids is 2. The van der Waals surface area contributed by atoms with E-state index < -0.39 is 33.9 Å². The van der Waals surface area contributed by atoms with Crippen LogP contribution >= 0.6 is 23.5 Å². The summed E-state index contributed by atoms with van der Waals surface area (Å²) in [5.74, 6) is -1.96. The van der Waals surface area contributed by atoms with Crippen molar-refractivity contribution in [3.05, 3.63) is 66.8 Å². The molecule has 0 aliphatic carbocycles. The molecule has 11 nitrogen and oxygen atoms in total. The van der Waals surface area contributed by atoms with Crippen LogP contribution in [0.3, 0.4) is 0 Å². The Morgan fingerprint density at radius 2 is 2.03 bits per heavy atom. The van der Waals surface area contributed by atoms with E-state index in [0.29, 0.717) is 5.03 Å². The average molecular weight is 514 g/mol. The van der Waals surface area contributed by atoms with E-state index in [1.54, 1.807) is 16.9 Å². The summed E-state index contributed by atoms with van der Waals surface area (Å²) in [7, 11) is 0. The van der Waals surface area contributed by atoms with E-state index in [4.69, 9.17) is 4.42 Å². The van der Waals surface area contributed by atoms with Crippen molar-refractivity contribution in [2.24, 2.45) is 5.16 Å². The van der Waals surface area contributed by atoms with Gasteiger partial charge in [0.05, 0.1) is 18.1 Å². The van der Waals surface area contributed by atoms with Gasteiger partial charge in [-0.3, -0.25) is 14.4 Å². The van der Waals surface area contributed by atoms with Crippen LogP contribution in [0.4, 0.5) is 0 Å². The first-order valence-corrected chi connectivity index (χ1v) is 12.3. The normalized spacial score (nSPS) is 23.9. The lowest BCUT2D eigenvalue weighted by Crippen LogP contribution is -2.74. The number of aliphatic carboxylic acids is 1. The molecular formula is C22H19N5O6S2. The van der Waals surface area contributed by atoms with Crippen molar-refractivity contribution in [3.63, 3.8) is 0 Å². The van der Waals surface area contributed by atoms with E-state index in [1.807, 2.05) is 30.3 Å². The zero-order valence-electron chi connectivity index (χ0n) is 18.0. The molecule has 0 spiro atoms. The predicted octanol–water partition coefficient (Wildman–Crippen LogP) is 1.66. The van der Waals surface area contributed by atoms with Gasteiger partial charge in [-0.25, -0.2) is 4.68 Å². The Kier molecular flexibility index (Phi) is 6.03. The fraction of sp³-hybridized carbons (Fsp3) is 0.227. The maximum Gasteiger partial charge on any atom is 0.322 e. The molecule has 3 aromatic rings. The maximum absolute atomic E-state index is 12.9. The number of amides is 2. The molecular weight excluding hydrogens is 494 g/mol. The van der Waals surface area contributed by atoms with Gasteiger partial charge in [-0.15, -0.1) is 11.8 Å². The quantitative estimate of drug-likeness (QED) is 0.185. The van der Waals surface area contributed by atoms with Crippen molar-refractivity contribution in [1.82, 2.24) is 20.0 Å². The van der Waals surface area contributed by atoms with Crippen LogP contribution in [0, 0.1) is 0 Å². The first-order chi connectivity index (χ1) is 16.9. The van der Waals surface area contributed by atoms with Crippen molar-refractivity contribution in [3.8, 4) is 5.69 Å². The van der Waals surface area contributed by atoms with Crippen LogP contribution in [0.1, 0.15) is 5.76 Å². The molecule has 4 heterocycles. The second-order valence-corrected chi connectivity index (χ2v) is 10.4. The minimum atomic E-state index is -1.30. The third-order valence-electron chi connectivity index (χ3n) is 5.71. The first-order valence-electron chi connectivity index (χ1n) is 10.4. The van der Waals surface area contributed by atoms with Gasteiger partial charge < -0.3 is 24.9 Å². The molecule has 5 rings (SSSR count).